The Morgan fingerprint density at radius 2 is 1.58 bits per heavy atom. The second-order valence-corrected chi connectivity index (χ2v) is 9.64. The zero-order valence-corrected chi connectivity index (χ0v) is 19.3. The third-order valence-corrected chi connectivity index (χ3v) is 7.02. The lowest BCUT2D eigenvalue weighted by molar-refractivity contribution is 0.0948. The summed E-state index contributed by atoms with van der Waals surface area (Å²) in [5.41, 5.74) is 0.851. The Balaban J connectivity index is 1.45. The summed E-state index contributed by atoms with van der Waals surface area (Å²) >= 11 is 5.82. The predicted octanol–water partition coefficient (Wildman–Crippen LogP) is 2.90. The second kappa shape index (κ2) is 10.9. The molecule has 2 aromatic carbocycles. The molecule has 0 aliphatic carbocycles. The molecule has 1 heterocycles. The number of halogens is 1. The number of hydrogen-bond donors (Lipinski definition) is 2. The standard InChI is InChI=1S/C22H29ClN4O3S/c1-2-26-14-16-27(17-15-26)13-3-12-24-22(28)18-4-10-21(11-5-18)31(29,30)25-20-8-6-19(23)7-9-20/h4-11,25H,2-3,12-17H2,1H3,(H,24,28). The molecule has 31 heavy (non-hydrogen) atoms. The van der Waals surface area contributed by atoms with Gasteiger partial charge < -0.3 is 15.1 Å². The Labute approximate surface area is 189 Å². The highest BCUT2D eigenvalue weighted by atomic mass is 35.5. The van der Waals surface area contributed by atoms with Gasteiger partial charge >= 0.3 is 0 Å². The molecular formula is C22H29ClN4O3S. The molecule has 0 saturated carbocycles. The van der Waals surface area contributed by atoms with Crippen LogP contribution in [-0.4, -0.2) is 69.9 Å². The van der Waals surface area contributed by atoms with Crippen LogP contribution in [-0.2, 0) is 10.0 Å². The average Bonchev–Trinajstić information content (AvgIpc) is 2.78. The first kappa shape index (κ1) is 23.5. The molecule has 0 spiro atoms. The van der Waals surface area contributed by atoms with Crippen molar-refractivity contribution in [2.24, 2.45) is 0 Å². The number of anilines is 1. The van der Waals surface area contributed by atoms with Crippen LogP contribution in [0.5, 0.6) is 0 Å². The zero-order valence-electron chi connectivity index (χ0n) is 17.7. The molecule has 3 rings (SSSR count). The van der Waals surface area contributed by atoms with E-state index >= 15 is 0 Å². The molecule has 1 fully saturated rings. The molecule has 7 nitrogen and oxygen atoms in total. The quantitative estimate of drug-likeness (QED) is 0.557. The van der Waals surface area contributed by atoms with E-state index in [-0.39, 0.29) is 10.8 Å². The molecule has 0 radical (unpaired) electrons. The summed E-state index contributed by atoms with van der Waals surface area (Å²) in [6, 6.07) is 12.3. The van der Waals surface area contributed by atoms with Crippen molar-refractivity contribution < 1.29 is 13.2 Å². The lowest BCUT2D eigenvalue weighted by Gasteiger charge is -2.33. The maximum Gasteiger partial charge on any atom is 0.261 e. The van der Waals surface area contributed by atoms with Crippen LogP contribution in [0, 0.1) is 0 Å². The van der Waals surface area contributed by atoms with Gasteiger partial charge in [0.05, 0.1) is 4.90 Å². The van der Waals surface area contributed by atoms with Crippen LogP contribution in [0.1, 0.15) is 23.7 Å². The predicted molar refractivity (Wildman–Crippen MR) is 124 cm³/mol. The van der Waals surface area contributed by atoms with Crippen LogP contribution in [0.25, 0.3) is 0 Å². The number of rotatable bonds is 9. The third-order valence-electron chi connectivity index (χ3n) is 5.37. The number of likely N-dealkylation sites (N-methyl/N-ethyl adjacent to an activating group) is 1. The van der Waals surface area contributed by atoms with Crippen LogP contribution >= 0.6 is 11.6 Å². The summed E-state index contributed by atoms with van der Waals surface area (Å²) in [6.45, 7) is 9.18. The maximum atomic E-state index is 12.5. The van der Waals surface area contributed by atoms with E-state index in [1.54, 1.807) is 24.3 Å². The second-order valence-electron chi connectivity index (χ2n) is 7.52. The largest absolute Gasteiger partial charge is 0.352 e. The SMILES string of the molecule is CCN1CCN(CCCNC(=O)c2ccc(S(=O)(=O)Nc3ccc(Cl)cc3)cc2)CC1. The van der Waals surface area contributed by atoms with Crippen molar-refractivity contribution in [1.82, 2.24) is 15.1 Å². The van der Waals surface area contributed by atoms with Gasteiger partial charge in [0.1, 0.15) is 0 Å². The molecule has 0 bridgehead atoms. The number of hydrogen-bond acceptors (Lipinski definition) is 5. The fraction of sp³-hybridized carbons (Fsp3) is 0.409. The van der Waals surface area contributed by atoms with Crippen LogP contribution in [0.4, 0.5) is 5.69 Å². The topological polar surface area (TPSA) is 81.8 Å². The number of benzene rings is 2. The Morgan fingerprint density at radius 3 is 2.19 bits per heavy atom. The van der Waals surface area contributed by atoms with E-state index in [0.717, 1.165) is 45.7 Å². The number of carbonyl (C=O) groups is 1. The lowest BCUT2D eigenvalue weighted by atomic mass is 10.2. The first-order valence-corrected chi connectivity index (χ1v) is 12.3. The van der Waals surface area contributed by atoms with Crippen molar-refractivity contribution >= 4 is 33.2 Å². The van der Waals surface area contributed by atoms with Crippen molar-refractivity contribution in [2.45, 2.75) is 18.2 Å². The highest BCUT2D eigenvalue weighted by Crippen LogP contribution is 2.19. The first-order valence-electron chi connectivity index (χ1n) is 10.5. The smallest absolute Gasteiger partial charge is 0.261 e. The van der Waals surface area contributed by atoms with Crippen molar-refractivity contribution in [3.8, 4) is 0 Å². The van der Waals surface area contributed by atoms with Gasteiger partial charge in [-0.1, -0.05) is 18.5 Å². The number of nitrogens with one attached hydrogen (secondary N) is 2. The maximum absolute atomic E-state index is 12.5. The Morgan fingerprint density at radius 1 is 0.968 bits per heavy atom. The molecule has 2 aromatic rings. The minimum Gasteiger partial charge on any atom is -0.352 e. The number of piperazine rings is 1. The normalized spacial score (nSPS) is 15.5. The van der Waals surface area contributed by atoms with Crippen molar-refractivity contribution in [3.05, 3.63) is 59.1 Å². The monoisotopic (exact) mass is 464 g/mol. The molecule has 2 N–H and O–H groups in total. The Kier molecular flexibility index (Phi) is 8.31. The molecule has 1 amide bonds. The van der Waals surface area contributed by atoms with Gasteiger partial charge in [-0.3, -0.25) is 9.52 Å². The van der Waals surface area contributed by atoms with E-state index < -0.39 is 10.0 Å². The number of amides is 1. The molecule has 0 aromatic heterocycles. The van der Waals surface area contributed by atoms with Crippen molar-refractivity contribution in [1.29, 1.82) is 0 Å². The van der Waals surface area contributed by atoms with E-state index in [4.69, 9.17) is 11.6 Å². The fourth-order valence-corrected chi connectivity index (χ4v) is 4.64. The molecule has 1 saturated heterocycles. The van der Waals surface area contributed by atoms with Gasteiger partial charge in [0.15, 0.2) is 0 Å². The van der Waals surface area contributed by atoms with E-state index in [1.165, 1.54) is 24.3 Å². The molecule has 1 aliphatic rings. The molecule has 0 atom stereocenters. The Hall–Kier alpha value is -2.13. The minimum atomic E-state index is -3.74. The third kappa shape index (κ3) is 6.93. The number of carbonyl (C=O) groups excluding carboxylic acids is 1. The van der Waals surface area contributed by atoms with Gasteiger partial charge in [-0.2, -0.15) is 0 Å². The van der Waals surface area contributed by atoms with Gasteiger partial charge in [0.25, 0.3) is 15.9 Å². The Bertz CT molecular complexity index is 957. The summed E-state index contributed by atoms with van der Waals surface area (Å²) in [4.78, 5) is 17.3. The van der Waals surface area contributed by atoms with Gasteiger partial charge in [0, 0.05) is 49.0 Å². The van der Waals surface area contributed by atoms with Gasteiger partial charge in [0.2, 0.25) is 0 Å². The minimum absolute atomic E-state index is 0.0882. The summed E-state index contributed by atoms with van der Waals surface area (Å²) in [6.07, 6.45) is 0.884. The van der Waals surface area contributed by atoms with Crippen molar-refractivity contribution in [3.63, 3.8) is 0 Å². The molecule has 168 valence electrons. The van der Waals surface area contributed by atoms with Gasteiger partial charge in [-0.15, -0.1) is 0 Å². The number of nitrogens with zero attached hydrogens (tertiary/aromatic N) is 2. The molecular weight excluding hydrogens is 436 g/mol. The van der Waals surface area contributed by atoms with Gasteiger partial charge in [-0.25, -0.2) is 8.42 Å². The van der Waals surface area contributed by atoms with Gasteiger partial charge in [-0.05, 0) is 68.0 Å². The van der Waals surface area contributed by atoms with E-state index in [2.05, 4.69) is 26.8 Å². The number of sulfonamides is 1. The zero-order chi connectivity index (χ0) is 22.3. The summed E-state index contributed by atoms with van der Waals surface area (Å²) in [5, 5.41) is 3.43. The van der Waals surface area contributed by atoms with Crippen LogP contribution in [0.3, 0.4) is 0 Å². The summed E-state index contributed by atoms with van der Waals surface area (Å²) in [7, 11) is -3.74. The first-order chi connectivity index (χ1) is 14.9. The van der Waals surface area contributed by atoms with Crippen LogP contribution in [0.15, 0.2) is 53.4 Å². The van der Waals surface area contributed by atoms with Crippen LogP contribution in [0.2, 0.25) is 5.02 Å². The fourth-order valence-electron chi connectivity index (χ4n) is 3.45. The molecule has 1 aliphatic heterocycles. The van der Waals surface area contributed by atoms with E-state index in [0.29, 0.717) is 22.8 Å². The summed E-state index contributed by atoms with van der Waals surface area (Å²) < 4.78 is 27.5. The molecule has 9 heteroatoms. The van der Waals surface area contributed by atoms with E-state index in [9.17, 15) is 13.2 Å². The van der Waals surface area contributed by atoms with Crippen LogP contribution < -0.4 is 10.0 Å². The van der Waals surface area contributed by atoms with Crippen molar-refractivity contribution in [2.75, 3.05) is 50.5 Å². The average molecular weight is 465 g/mol. The summed E-state index contributed by atoms with van der Waals surface area (Å²) in [5.74, 6) is -0.203. The molecule has 0 unspecified atom stereocenters. The highest BCUT2D eigenvalue weighted by molar-refractivity contribution is 7.92. The highest BCUT2D eigenvalue weighted by Gasteiger charge is 2.16. The lowest BCUT2D eigenvalue weighted by Crippen LogP contribution is -2.46. The van der Waals surface area contributed by atoms with E-state index in [1.807, 2.05) is 0 Å².